The van der Waals surface area contributed by atoms with Crippen LogP contribution in [-0.2, 0) is 9.53 Å². The van der Waals surface area contributed by atoms with Crippen molar-refractivity contribution in [1.82, 2.24) is 4.90 Å². The van der Waals surface area contributed by atoms with Gasteiger partial charge in [0.05, 0.1) is 11.4 Å². The van der Waals surface area contributed by atoms with Gasteiger partial charge in [-0.2, -0.15) is 0 Å². The minimum absolute atomic E-state index is 0.350. The molecule has 0 unspecified atom stereocenters. The molecule has 1 N–H and O–H groups in total. The number of carbonyl (C=O) groups is 2. The molecule has 0 atom stereocenters. The number of hydrogen-bond donors (Lipinski definition) is 1. The lowest BCUT2D eigenvalue weighted by Crippen LogP contribution is -2.50. The predicted octanol–water partition coefficient (Wildman–Crippen LogP) is 2.45. The number of benzene rings is 1. The molecule has 6 nitrogen and oxygen atoms in total. The van der Waals surface area contributed by atoms with Crippen LogP contribution in [-0.4, -0.2) is 49.2 Å². The monoisotopic (exact) mass is 323 g/mol. The predicted molar refractivity (Wildman–Crippen MR) is 86.1 cm³/mol. The molecule has 0 saturated carbocycles. The zero-order valence-electron chi connectivity index (χ0n) is 13.6. The van der Waals surface area contributed by atoms with E-state index in [1.165, 1.54) is 6.07 Å². The second-order valence-electron chi connectivity index (χ2n) is 6.35. The summed E-state index contributed by atoms with van der Waals surface area (Å²) in [6.07, 6.45) is 0.159. The highest BCUT2D eigenvalue weighted by Gasteiger charge is 2.27. The molecule has 0 aliphatic carbocycles. The Balaban J connectivity index is 2.05. The summed E-state index contributed by atoms with van der Waals surface area (Å²) < 4.78 is 19.5. The van der Waals surface area contributed by atoms with Gasteiger partial charge in [-0.1, -0.05) is 6.07 Å². The minimum atomic E-state index is -0.541. The van der Waals surface area contributed by atoms with Gasteiger partial charge in [0, 0.05) is 26.2 Å². The Kier molecular flexibility index (Phi) is 5.08. The molecule has 1 aromatic rings. The van der Waals surface area contributed by atoms with Crippen molar-refractivity contribution in [3.05, 3.63) is 24.0 Å². The first kappa shape index (κ1) is 17.1. The van der Waals surface area contributed by atoms with Crippen LogP contribution in [0, 0.1) is 5.82 Å². The normalized spacial score (nSPS) is 15.3. The summed E-state index contributed by atoms with van der Waals surface area (Å²) in [4.78, 5) is 26.1. The number of nitrogens with zero attached hydrogens (tertiary/aromatic N) is 2. The molecule has 0 bridgehead atoms. The molecule has 1 aliphatic heterocycles. The van der Waals surface area contributed by atoms with E-state index in [4.69, 9.17) is 4.74 Å². The second kappa shape index (κ2) is 6.85. The highest BCUT2D eigenvalue weighted by Crippen LogP contribution is 2.29. The lowest BCUT2D eigenvalue weighted by Gasteiger charge is -2.37. The quantitative estimate of drug-likeness (QED) is 0.868. The van der Waals surface area contributed by atoms with E-state index in [1.54, 1.807) is 17.0 Å². The van der Waals surface area contributed by atoms with Crippen molar-refractivity contribution in [2.24, 2.45) is 0 Å². The van der Waals surface area contributed by atoms with Crippen LogP contribution in [0.4, 0.5) is 20.6 Å². The summed E-state index contributed by atoms with van der Waals surface area (Å²) >= 11 is 0. The molecule has 1 saturated heterocycles. The topological polar surface area (TPSA) is 61.9 Å². The third-order valence-electron chi connectivity index (χ3n) is 3.45. The standard InChI is InChI=1S/C16H22FN3O3/c1-16(2,3)23-15(22)20-9-7-19(8-10-20)14-12(17)5-4-6-13(14)18-11-21/h4-6,11H,7-10H2,1-3H3,(H,18,21). The average Bonchev–Trinajstić information content (AvgIpc) is 2.46. The molecule has 1 fully saturated rings. The van der Waals surface area contributed by atoms with Crippen molar-refractivity contribution in [1.29, 1.82) is 0 Å². The largest absolute Gasteiger partial charge is 0.444 e. The van der Waals surface area contributed by atoms with E-state index >= 15 is 0 Å². The first-order valence-electron chi connectivity index (χ1n) is 7.53. The minimum Gasteiger partial charge on any atom is -0.444 e. The summed E-state index contributed by atoms with van der Waals surface area (Å²) in [5, 5.41) is 2.51. The third kappa shape index (κ3) is 4.34. The Morgan fingerprint density at radius 1 is 1.26 bits per heavy atom. The van der Waals surface area contributed by atoms with Crippen LogP contribution in [0.1, 0.15) is 20.8 Å². The Morgan fingerprint density at radius 3 is 2.48 bits per heavy atom. The number of nitrogens with one attached hydrogen (secondary N) is 1. The molecule has 2 rings (SSSR count). The van der Waals surface area contributed by atoms with Crippen LogP contribution < -0.4 is 10.2 Å². The van der Waals surface area contributed by atoms with Crippen LogP contribution in [0.5, 0.6) is 0 Å². The van der Waals surface area contributed by atoms with Gasteiger partial charge in [0.1, 0.15) is 11.4 Å². The van der Waals surface area contributed by atoms with Gasteiger partial charge in [0.2, 0.25) is 6.41 Å². The van der Waals surface area contributed by atoms with Crippen molar-refractivity contribution >= 4 is 23.9 Å². The van der Waals surface area contributed by atoms with Crippen LogP contribution in [0.25, 0.3) is 0 Å². The van der Waals surface area contributed by atoms with E-state index < -0.39 is 11.4 Å². The number of para-hydroxylation sites is 1. The molecule has 23 heavy (non-hydrogen) atoms. The molecule has 126 valence electrons. The van der Waals surface area contributed by atoms with Crippen LogP contribution >= 0.6 is 0 Å². The molecular weight excluding hydrogens is 301 g/mol. The van der Waals surface area contributed by atoms with Crippen LogP contribution in [0.15, 0.2) is 18.2 Å². The van der Waals surface area contributed by atoms with Gasteiger partial charge in [-0.15, -0.1) is 0 Å². The zero-order chi connectivity index (χ0) is 17.0. The smallest absolute Gasteiger partial charge is 0.410 e. The van der Waals surface area contributed by atoms with Crippen molar-refractivity contribution in [2.45, 2.75) is 26.4 Å². The van der Waals surface area contributed by atoms with Crippen molar-refractivity contribution in [2.75, 3.05) is 36.4 Å². The molecule has 2 amide bonds. The Hall–Kier alpha value is -2.31. The van der Waals surface area contributed by atoms with Crippen molar-refractivity contribution < 1.29 is 18.7 Å². The Bertz CT molecular complexity index is 578. The molecule has 1 heterocycles. The molecule has 0 spiro atoms. The molecule has 1 aromatic carbocycles. The van der Waals surface area contributed by atoms with Crippen molar-refractivity contribution in [3.63, 3.8) is 0 Å². The van der Waals surface area contributed by atoms with Gasteiger partial charge < -0.3 is 19.9 Å². The van der Waals surface area contributed by atoms with E-state index in [2.05, 4.69) is 5.32 Å². The van der Waals surface area contributed by atoms with Gasteiger partial charge in [-0.05, 0) is 32.9 Å². The van der Waals surface area contributed by atoms with Gasteiger partial charge in [0.25, 0.3) is 0 Å². The SMILES string of the molecule is CC(C)(C)OC(=O)N1CCN(c2c(F)cccc2NC=O)CC1. The summed E-state index contributed by atoms with van der Waals surface area (Å²) in [7, 11) is 0. The summed E-state index contributed by atoms with van der Waals surface area (Å²) in [6, 6.07) is 4.54. The van der Waals surface area contributed by atoms with Gasteiger partial charge >= 0.3 is 6.09 Å². The maximum absolute atomic E-state index is 14.1. The van der Waals surface area contributed by atoms with E-state index in [9.17, 15) is 14.0 Å². The van der Waals surface area contributed by atoms with E-state index in [0.29, 0.717) is 44.0 Å². The maximum Gasteiger partial charge on any atom is 0.410 e. The zero-order valence-corrected chi connectivity index (χ0v) is 13.6. The van der Waals surface area contributed by atoms with Crippen molar-refractivity contribution in [3.8, 4) is 0 Å². The second-order valence-corrected chi connectivity index (χ2v) is 6.35. The average molecular weight is 323 g/mol. The number of halogens is 1. The summed E-state index contributed by atoms with van der Waals surface area (Å²) in [5.41, 5.74) is 0.232. The number of rotatable bonds is 3. The lowest BCUT2D eigenvalue weighted by atomic mass is 10.2. The van der Waals surface area contributed by atoms with Gasteiger partial charge in [0.15, 0.2) is 0 Å². The van der Waals surface area contributed by atoms with E-state index in [0.717, 1.165) is 0 Å². The molecule has 0 radical (unpaired) electrons. The molecule has 7 heteroatoms. The fraction of sp³-hybridized carbons (Fsp3) is 0.500. The Labute approximate surface area is 135 Å². The van der Waals surface area contributed by atoms with Gasteiger partial charge in [-0.25, -0.2) is 9.18 Å². The van der Waals surface area contributed by atoms with Gasteiger partial charge in [-0.3, -0.25) is 4.79 Å². The van der Waals surface area contributed by atoms with Crippen LogP contribution in [0.3, 0.4) is 0 Å². The number of carbonyl (C=O) groups excluding carboxylic acids is 2. The first-order chi connectivity index (χ1) is 10.8. The number of ether oxygens (including phenoxy) is 1. The molecular formula is C16H22FN3O3. The summed E-state index contributed by atoms with van der Waals surface area (Å²) in [5.74, 6) is -0.400. The first-order valence-corrected chi connectivity index (χ1v) is 7.53. The molecule has 1 aliphatic rings. The highest BCUT2D eigenvalue weighted by atomic mass is 19.1. The third-order valence-corrected chi connectivity index (χ3v) is 3.45. The molecule has 0 aromatic heterocycles. The van der Waals surface area contributed by atoms with Crippen LogP contribution in [0.2, 0.25) is 0 Å². The lowest BCUT2D eigenvalue weighted by molar-refractivity contribution is -0.105. The number of anilines is 2. The Morgan fingerprint density at radius 2 is 1.91 bits per heavy atom. The summed E-state index contributed by atoms with van der Waals surface area (Å²) in [6.45, 7) is 7.25. The number of amides is 2. The van der Waals surface area contributed by atoms with E-state index in [-0.39, 0.29) is 6.09 Å². The van der Waals surface area contributed by atoms with E-state index in [1.807, 2.05) is 25.7 Å². The fourth-order valence-electron chi connectivity index (χ4n) is 2.46. The number of hydrogen-bond acceptors (Lipinski definition) is 4. The highest BCUT2D eigenvalue weighted by molar-refractivity contribution is 5.82. The maximum atomic E-state index is 14.1. The fourth-order valence-corrected chi connectivity index (χ4v) is 2.46. The number of piperazine rings is 1.